The Bertz CT molecular complexity index is 1290. The Hall–Kier alpha value is -3.99. The van der Waals surface area contributed by atoms with Gasteiger partial charge in [-0.2, -0.15) is 0 Å². The molecule has 0 radical (unpaired) electrons. The van der Waals surface area contributed by atoms with Crippen LogP contribution in [0.15, 0.2) is 83.8 Å². The average Bonchev–Trinajstić information content (AvgIpc) is 2.77. The molecule has 31 heavy (non-hydrogen) atoms. The molecule has 2 heterocycles. The SMILES string of the molecule is Cc1cccc(C)c1NC(=O)c1c(-c2ccccn2)n(-c2ccccc2)c(C)cc1=O. The number of amides is 1. The number of para-hydroxylation sites is 2. The van der Waals surface area contributed by atoms with Gasteiger partial charge in [-0.15, -0.1) is 0 Å². The number of hydrogen-bond donors (Lipinski definition) is 1. The number of aromatic nitrogens is 2. The summed E-state index contributed by atoms with van der Waals surface area (Å²) >= 11 is 0. The Morgan fingerprint density at radius 2 is 1.55 bits per heavy atom. The Labute approximate surface area is 181 Å². The Balaban J connectivity index is 1.98. The highest BCUT2D eigenvalue weighted by Gasteiger charge is 2.24. The van der Waals surface area contributed by atoms with Crippen molar-refractivity contribution in [2.45, 2.75) is 20.8 Å². The molecule has 0 aliphatic heterocycles. The third-order valence-electron chi connectivity index (χ3n) is 5.27. The molecule has 0 aliphatic rings. The highest BCUT2D eigenvalue weighted by molar-refractivity contribution is 6.08. The fourth-order valence-electron chi connectivity index (χ4n) is 3.79. The first kappa shape index (κ1) is 20.3. The molecule has 0 bridgehead atoms. The molecule has 1 amide bonds. The molecule has 5 heteroatoms. The molecule has 154 valence electrons. The number of aryl methyl sites for hydroxylation is 3. The summed E-state index contributed by atoms with van der Waals surface area (Å²) in [6.45, 7) is 5.72. The second kappa shape index (κ2) is 8.40. The lowest BCUT2D eigenvalue weighted by atomic mass is 10.0. The zero-order valence-electron chi connectivity index (χ0n) is 17.7. The number of anilines is 1. The maximum atomic E-state index is 13.5. The van der Waals surface area contributed by atoms with E-state index in [4.69, 9.17) is 0 Å². The van der Waals surface area contributed by atoms with Crippen LogP contribution in [-0.4, -0.2) is 15.5 Å². The fraction of sp³-hybridized carbons (Fsp3) is 0.115. The summed E-state index contributed by atoms with van der Waals surface area (Å²) in [5, 5.41) is 2.96. The number of nitrogens with zero attached hydrogens (tertiary/aromatic N) is 2. The first-order chi connectivity index (χ1) is 15.0. The largest absolute Gasteiger partial charge is 0.321 e. The molecule has 0 spiro atoms. The molecular formula is C26H23N3O2. The Morgan fingerprint density at radius 1 is 0.871 bits per heavy atom. The quantitative estimate of drug-likeness (QED) is 0.511. The summed E-state index contributed by atoms with van der Waals surface area (Å²) in [6, 6.07) is 22.4. The van der Waals surface area contributed by atoms with E-state index in [0.717, 1.165) is 22.5 Å². The van der Waals surface area contributed by atoms with Gasteiger partial charge in [0, 0.05) is 29.3 Å². The third kappa shape index (κ3) is 3.90. The lowest BCUT2D eigenvalue weighted by Crippen LogP contribution is -2.27. The number of pyridine rings is 2. The van der Waals surface area contributed by atoms with Crippen molar-refractivity contribution in [3.8, 4) is 17.1 Å². The van der Waals surface area contributed by atoms with Crippen LogP contribution in [0.4, 0.5) is 5.69 Å². The van der Waals surface area contributed by atoms with Crippen LogP contribution in [0.25, 0.3) is 17.1 Å². The van der Waals surface area contributed by atoms with Crippen molar-refractivity contribution >= 4 is 11.6 Å². The lowest BCUT2D eigenvalue weighted by molar-refractivity contribution is 0.102. The maximum Gasteiger partial charge on any atom is 0.261 e. The van der Waals surface area contributed by atoms with E-state index in [-0.39, 0.29) is 11.0 Å². The number of carbonyl (C=O) groups is 1. The summed E-state index contributed by atoms with van der Waals surface area (Å²) in [6.07, 6.45) is 1.66. The van der Waals surface area contributed by atoms with Crippen LogP contribution >= 0.6 is 0 Å². The number of carbonyl (C=O) groups excluding carboxylic acids is 1. The van der Waals surface area contributed by atoms with Crippen LogP contribution in [0.2, 0.25) is 0 Å². The number of hydrogen-bond acceptors (Lipinski definition) is 3. The molecule has 0 atom stereocenters. The Morgan fingerprint density at radius 3 is 2.19 bits per heavy atom. The van der Waals surface area contributed by atoms with Crippen LogP contribution in [0.3, 0.4) is 0 Å². The van der Waals surface area contributed by atoms with Gasteiger partial charge in [0.05, 0.1) is 11.4 Å². The first-order valence-corrected chi connectivity index (χ1v) is 10.1. The summed E-state index contributed by atoms with van der Waals surface area (Å²) < 4.78 is 1.91. The first-order valence-electron chi connectivity index (χ1n) is 10.1. The second-order valence-corrected chi connectivity index (χ2v) is 7.48. The predicted octanol–water partition coefficient (Wildman–Crippen LogP) is 5.08. The van der Waals surface area contributed by atoms with Crippen LogP contribution in [0, 0.1) is 20.8 Å². The van der Waals surface area contributed by atoms with Gasteiger partial charge in [0.1, 0.15) is 5.56 Å². The van der Waals surface area contributed by atoms with E-state index >= 15 is 0 Å². The van der Waals surface area contributed by atoms with Gasteiger partial charge in [-0.3, -0.25) is 14.6 Å². The van der Waals surface area contributed by atoms with E-state index < -0.39 is 5.91 Å². The second-order valence-electron chi connectivity index (χ2n) is 7.48. The molecule has 2 aromatic heterocycles. The van der Waals surface area contributed by atoms with Gasteiger partial charge >= 0.3 is 0 Å². The van der Waals surface area contributed by atoms with Crippen molar-refractivity contribution in [1.82, 2.24) is 9.55 Å². The monoisotopic (exact) mass is 409 g/mol. The lowest BCUT2D eigenvalue weighted by Gasteiger charge is -2.20. The molecule has 1 N–H and O–H groups in total. The van der Waals surface area contributed by atoms with Gasteiger partial charge < -0.3 is 9.88 Å². The number of rotatable bonds is 4. The predicted molar refractivity (Wildman–Crippen MR) is 124 cm³/mol. The van der Waals surface area contributed by atoms with E-state index in [1.807, 2.05) is 86.0 Å². The molecule has 2 aromatic carbocycles. The van der Waals surface area contributed by atoms with E-state index in [2.05, 4.69) is 10.3 Å². The normalized spacial score (nSPS) is 10.7. The van der Waals surface area contributed by atoms with Crippen molar-refractivity contribution < 1.29 is 4.79 Å². The topological polar surface area (TPSA) is 64.0 Å². The molecule has 0 unspecified atom stereocenters. The van der Waals surface area contributed by atoms with Crippen molar-refractivity contribution in [3.05, 3.63) is 112 Å². The smallest absolute Gasteiger partial charge is 0.261 e. The van der Waals surface area contributed by atoms with Crippen molar-refractivity contribution in [3.63, 3.8) is 0 Å². The number of nitrogens with one attached hydrogen (secondary N) is 1. The minimum Gasteiger partial charge on any atom is -0.321 e. The Kier molecular flexibility index (Phi) is 5.50. The van der Waals surface area contributed by atoms with Gasteiger partial charge in [-0.25, -0.2) is 0 Å². The molecule has 0 saturated carbocycles. The van der Waals surface area contributed by atoms with Gasteiger partial charge in [0.25, 0.3) is 5.91 Å². The molecule has 4 rings (SSSR count). The van der Waals surface area contributed by atoms with E-state index in [0.29, 0.717) is 17.1 Å². The van der Waals surface area contributed by atoms with Crippen molar-refractivity contribution in [2.24, 2.45) is 0 Å². The summed E-state index contributed by atoms with van der Waals surface area (Å²) in [5.41, 5.74) is 4.91. The van der Waals surface area contributed by atoms with Gasteiger partial charge in [0.15, 0.2) is 5.43 Å². The standard InChI is InChI=1S/C26H23N3O2/c1-17-10-9-11-18(2)24(17)28-26(31)23-22(30)16-19(3)29(20-12-5-4-6-13-20)25(23)21-14-7-8-15-27-21/h4-16H,1-3H3,(H,28,31). The minimum absolute atomic E-state index is 0.0656. The molecule has 0 saturated heterocycles. The van der Waals surface area contributed by atoms with Gasteiger partial charge in [-0.1, -0.05) is 42.5 Å². The molecule has 5 nitrogen and oxygen atoms in total. The zero-order valence-corrected chi connectivity index (χ0v) is 17.7. The summed E-state index contributed by atoms with van der Waals surface area (Å²) in [5.74, 6) is -0.451. The summed E-state index contributed by atoms with van der Waals surface area (Å²) in [7, 11) is 0. The van der Waals surface area contributed by atoms with Crippen LogP contribution < -0.4 is 10.7 Å². The van der Waals surface area contributed by atoms with Crippen LogP contribution in [0.5, 0.6) is 0 Å². The fourth-order valence-corrected chi connectivity index (χ4v) is 3.79. The van der Waals surface area contributed by atoms with Gasteiger partial charge in [0.2, 0.25) is 0 Å². The van der Waals surface area contributed by atoms with E-state index in [1.165, 1.54) is 6.07 Å². The number of benzene rings is 2. The average molecular weight is 409 g/mol. The van der Waals surface area contributed by atoms with E-state index in [1.54, 1.807) is 12.3 Å². The maximum absolute atomic E-state index is 13.5. The zero-order chi connectivity index (χ0) is 22.0. The molecule has 0 aliphatic carbocycles. The summed E-state index contributed by atoms with van der Waals surface area (Å²) in [4.78, 5) is 31.1. The van der Waals surface area contributed by atoms with Crippen LogP contribution in [-0.2, 0) is 0 Å². The minimum atomic E-state index is -0.451. The molecule has 4 aromatic rings. The highest BCUT2D eigenvalue weighted by Crippen LogP contribution is 2.27. The third-order valence-corrected chi connectivity index (χ3v) is 5.27. The highest BCUT2D eigenvalue weighted by atomic mass is 16.2. The van der Waals surface area contributed by atoms with Crippen molar-refractivity contribution in [2.75, 3.05) is 5.32 Å². The molecule has 0 fully saturated rings. The van der Waals surface area contributed by atoms with Gasteiger partial charge in [-0.05, 0) is 56.2 Å². The molecular weight excluding hydrogens is 386 g/mol. The van der Waals surface area contributed by atoms with Crippen LogP contribution in [0.1, 0.15) is 27.2 Å². The van der Waals surface area contributed by atoms with E-state index in [9.17, 15) is 9.59 Å². The van der Waals surface area contributed by atoms with Crippen molar-refractivity contribution in [1.29, 1.82) is 0 Å².